The van der Waals surface area contributed by atoms with Crippen molar-refractivity contribution in [3.05, 3.63) is 17.6 Å². The summed E-state index contributed by atoms with van der Waals surface area (Å²) in [5.41, 5.74) is 2.68. The van der Waals surface area contributed by atoms with Crippen molar-refractivity contribution < 1.29 is 0 Å². The van der Waals surface area contributed by atoms with Crippen molar-refractivity contribution in [1.82, 2.24) is 14.9 Å². The van der Waals surface area contributed by atoms with Crippen LogP contribution in [0, 0.1) is 0 Å². The average molecular weight is 246 g/mol. The number of anilines is 1. The Morgan fingerprint density at radius 2 is 2.00 bits per heavy atom. The third-order valence-electron chi connectivity index (χ3n) is 4.42. The summed E-state index contributed by atoms with van der Waals surface area (Å²) in [7, 11) is 4.41. The molecule has 1 aliphatic heterocycles. The minimum atomic E-state index is 0.640. The molecule has 0 bridgehead atoms. The highest BCUT2D eigenvalue weighted by atomic mass is 15.2. The van der Waals surface area contributed by atoms with E-state index in [-0.39, 0.29) is 0 Å². The van der Waals surface area contributed by atoms with E-state index in [0.717, 1.165) is 12.8 Å². The Hall–Kier alpha value is -1.16. The average Bonchev–Trinajstić information content (AvgIpc) is 2.87. The number of aryl methyl sites for hydroxylation is 1. The van der Waals surface area contributed by atoms with Crippen LogP contribution in [0.4, 0.5) is 5.82 Å². The molecule has 1 aromatic heterocycles. The fraction of sp³-hybridized carbons (Fsp3) is 0.714. The van der Waals surface area contributed by atoms with Crippen molar-refractivity contribution in [2.24, 2.45) is 0 Å². The Kier molecular flexibility index (Phi) is 3.20. The standard InChI is InChI=1S/C14H22N4/c1-17-8-6-11(7-9-17)18(2)14-12-4-3-5-13(12)15-10-16-14/h10-11H,3-9H2,1-2H3. The van der Waals surface area contributed by atoms with E-state index in [1.165, 1.54) is 49.4 Å². The van der Waals surface area contributed by atoms with E-state index in [9.17, 15) is 0 Å². The Morgan fingerprint density at radius 3 is 2.78 bits per heavy atom. The van der Waals surface area contributed by atoms with Crippen LogP contribution in [0.25, 0.3) is 0 Å². The molecule has 0 unspecified atom stereocenters. The highest BCUT2D eigenvalue weighted by Gasteiger charge is 2.25. The first-order chi connectivity index (χ1) is 8.75. The maximum atomic E-state index is 4.55. The highest BCUT2D eigenvalue weighted by Crippen LogP contribution is 2.29. The zero-order chi connectivity index (χ0) is 12.5. The summed E-state index contributed by atoms with van der Waals surface area (Å²) in [5.74, 6) is 1.19. The number of rotatable bonds is 2. The van der Waals surface area contributed by atoms with Crippen molar-refractivity contribution >= 4 is 5.82 Å². The summed E-state index contributed by atoms with van der Waals surface area (Å²) in [6, 6.07) is 0.640. The molecule has 0 saturated carbocycles. The number of aromatic nitrogens is 2. The summed E-state index contributed by atoms with van der Waals surface area (Å²) >= 11 is 0. The van der Waals surface area contributed by atoms with Crippen molar-refractivity contribution in [3.63, 3.8) is 0 Å². The number of nitrogens with zero attached hydrogens (tertiary/aromatic N) is 4. The molecular weight excluding hydrogens is 224 g/mol. The van der Waals surface area contributed by atoms with Crippen molar-refractivity contribution in [2.75, 3.05) is 32.1 Å². The molecule has 0 N–H and O–H groups in total. The fourth-order valence-electron chi connectivity index (χ4n) is 3.20. The molecule has 1 fully saturated rings. The molecule has 1 aromatic rings. The van der Waals surface area contributed by atoms with Crippen LogP contribution in [0.1, 0.15) is 30.5 Å². The smallest absolute Gasteiger partial charge is 0.135 e. The predicted octanol–water partition coefficient (Wildman–Crippen LogP) is 1.50. The summed E-state index contributed by atoms with van der Waals surface area (Å²) in [4.78, 5) is 13.8. The molecule has 18 heavy (non-hydrogen) atoms. The van der Waals surface area contributed by atoms with Gasteiger partial charge in [-0.2, -0.15) is 0 Å². The van der Waals surface area contributed by atoms with Crippen LogP contribution in [-0.4, -0.2) is 48.1 Å². The summed E-state index contributed by atoms with van der Waals surface area (Å²) in [6.45, 7) is 2.39. The molecule has 3 rings (SSSR count). The quantitative estimate of drug-likeness (QED) is 0.791. The van der Waals surface area contributed by atoms with E-state index in [2.05, 4.69) is 33.9 Å². The molecule has 2 heterocycles. The molecule has 4 nitrogen and oxygen atoms in total. The number of fused-ring (bicyclic) bond motifs is 1. The maximum absolute atomic E-state index is 4.55. The van der Waals surface area contributed by atoms with Crippen LogP contribution in [-0.2, 0) is 12.8 Å². The Labute approximate surface area is 109 Å². The van der Waals surface area contributed by atoms with Gasteiger partial charge in [0.05, 0.1) is 0 Å². The van der Waals surface area contributed by atoms with Gasteiger partial charge in [0, 0.05) is 24.3 Å². The van der Waals surface area contributed by atoms with Gasteiger partial charge in [0.25, 0.3) is 0 Å². The second-order valence-electron chi connectivity index (χ2n) is 5.62. The number of hydrogen-bond donors (Lipinski definition) is 0. The molecule has 1 saturated heterocycles. The first-order valence-corrected chi connectivity index (χ1v) is 7.00. The Morgan fingerprint density at radius 1 is 1.22 bits per heavy atom. The second-order valence-corrected chi connectivity index (χ2v) is 5.62. The molecule has 0 radical (unpaired) electrons. The van der Waals surface area contributed by atoms with Crippen LogP contribution < -0.4 is 4.90 Å². The van der Waals surface area contributed by atoms with Crippen LogP contribution in [0.5, 0.6) is 0 Å². The third-order valence-corrected chi connectivity index (χ3v) is 4.42. The van der Waals surface area contributed by atoms with E-state index in [1.54, 1.807) is 6.33 Å². The maximum Gasteiger partial charge on any atom is 0.135 e. The van der Waals surface area contributed by atoms with Gasteiger partial charge in [-0.25, -0.2) is 9.97 Å². The molecular formula is C14H22N4. The summed E-state index contributed by atoms with van der Waals surface area (Å²) in [5, 5.41) is 0. The summed E-state index contributed by atoms with van der Waals surface area (Å²) < 4.78 is 0. The van der Waals surface area contributed by atoms with Crippen molar-refractivity contribution in [3.8, 4) is 0 Å². The van der Waals surface area contributed by atoms with Gasteiger partial charge in [-0.3, -0.25) is 0 Å². The van der Waals surface area contributed by atoms with E-state index >= 15 is 0 Å². The van der Waals surface area contributed by atoms with E-state index in [1.807, 2.05) is 0 Å². The lowest BCUT2D eigenvalue weighted by atomic mass is 10.0. The van der Waals surface area contributed by atoms with E-state index in [4.69, 9.17) is 0 Å². The van der Waals surface area contributed by atoms with Gasteiger partial charge in [0.2, 0.25) is 0 Å². The van der Waals surface area contributed by atoms with Gasteiger partial charge < -0.3 is 9.80 Å². The topological polar surface area (TPSA) is 32.3 Å². The number of hydrogen-bond acceptors (Lipinski definition) is 4. The molecule has 0 atom stereocenters. The van der Waals surface area contributed by atoms with Crippen LogP contribution in [0.15, 0.2) is 6.33 Å². The van der Waals surface area contributed by atoms with Gasteiger partial charge in [0.15, 0.2) is 0 Å². The zero-order valence-electron chi connectivity index (χ0n) is 11.4. The highest BCUT2D eigenvalue weighted by molar-refractivity contribution is 5.50. The monoisotopic (exact) mass is 246 g/mol. The number of likely N-dealkylation sites (tertiary alicyclic amines) is 1. The molecule has 4 heteroatoms. The van der Waals surface area contributed by atoms with Gasteiger partial charge >= 0.3 is 0 Å². The molecule has 0 amide bonds. The van der Waals surface area contributed by atoms with Crippen molar-refractivity contribution in [2.45, 2.75) is 38.1 Å². The van der Waals surface area contributed by atoms with E-state index in [0.29, 0.717) is 6.04 Å². The largest absolute Gasteiger partial charge is 0.356 e. The predicted molar refractivity (Wildman–Crippen MR) is 73.0 cm³/mol. The molecule has 1 aliphatic carbocycles. The number of piperidine rings is 1. The van der Waals surface area contributed by atoms with Crippen molar-refractivity contribution in [1.29, 1.82) is 0 Å². The first kappa shape index (κ1) is 11.9. The van der Waals surface area contributed by atoms with Gasteiger partial charge in [-0.1, -0.05) is 0 Å². The molecule has 2 aliphatic rings. The lowest BCUT2D eigenvalue weighted by Crippen LogP contribution is -2.42. The molecule has 98 valence electrons. The summed E-state index contributed by atoms with van der Waals surface area (Å²) in [6.07, 6.45) is 7.75. The zero-order valence-corrected chi connectivity index (χ0v) is 11.4. The van der Waals surface area contributed by atoms with Crippen LogP contribution >= 0.6 is 0 Å². The van der Waals surface area contributed by atoms with E-state index < -0.39 is 0 Å². The van der Waals surface area contributed by atoms with Gasteiger partial charge in [-0.15, -0.1) is 0 Å². The SMILES string of the molecule is CN1CCC(N(C)c2ncnc3c2CCC3)CC1. The molecule has 0 spiro atoms. The fourth-order valence-corrected chi connectivity index (χ4v) is 3.20. The first-order valence-electron chi connectivity index (χ1n) is 7.00. The van der Waals surface area contributed by atoms with Gasteiger partial charge in [-0.05, 0) is 52.2 Å². The minimum Gasteiger partial charge on any atom is -0.356 e. The van der Waals surface area contributed by atoms with Crippen LogP contribution in [0.3, 0.4) is 0 Å². The lowest BCUT2D eigenvalue weighted by molar-refractivity contribution is 0.252. The van der Waals surface area contributed by atoms with Gasteiger partial charge in [0.1, 0.15) is 12.1 Å². The van der Waals surface area contributed by atoms with Crippen LogP contribution in [0.2, 0.25) is 0 Å². The second kappa shape index (κ2) is 4.84. The Balaban J connectivity index is 1.80. The molecule has 0 aromatic carbocycles. The lowest BCUT2D eigenvalue weighted by Gasteiger charge is -2.36. The minimum absolute atomic E-state index is 0.640. The Bertz CT molecular complexity index is 424. The third kappa shape index (κ3) is 2.09. The normalized spacial score (nSPS) is 21.0.